The van der Waals surface area contributed by atoms with E-state index in [9.17, 15) is 4.79 Å². The number of piperidine rings is 1. The van der Waals surface area contributed by atoms with Crippen molar-refractivity contribution in [2.75, 3.05) is 12.3 Å². The van der Waals surface area contributed by atoms with Gasteiger partial charge in [-0.25, -0.2) is 0 Å². The molecule has 1 aliphatic heterocycles. The van der Waals surface area contributed by atoms with Crippen LogP contribution in [0.25, 0.3) is 0 Å². The van der Waals surface area contributed by atoms with Crippen LogP contribution < -0.4 is 5.73 Å². The Hall–Kier alpha value is -1.17. The van der Waals surface area contributed by atoms with Crippen LogP contribution in [0, 0.1) is 5.92 Å². The summed E-state index contributed by atoms with van der Waals surface area (Å²) in [6.07, 6.45) is 2.62. The third-order valence-electron chi connectivity index (χ3n) is 3.48. The molecule has 1 aliphatic rings. The standard InChI is InChI=1S/C11H18N4OS/c1-7-4-3-5-15(8(7)2)10(16)6-9-13-14-11(12)17-9/h7-8H,3-6H2,1-2H3,(H2,12,14). The summed E-state index contributed by atoms with van der Waals surface area (Å²) in [5.41, 5.74) is 5.50. The summed E-state index contributed by atoms with van der Waals surface area (Å²) in [5, 5.41) is 8.75. The number of rotatable bonds is 2. The minimum absolute atomic E-state index is 0.139. The van der Waals surface area contributed by atoms with Crippen LogP contribution in [0.5, 0.6) is 0 Å². The van der Waals surface area contributed by atoms with E-state index in [-0.39, 0.29) is 5.91 Å². The van der Waals surface area contributed by atoms with Gasteiger partial charge in [0, 0.05) is 12.6 Å². The van der Waals surface area contributed by atoms with Gasteiger partial charge < -0.3 is 10.6 Å². The Kier molecular flexibility index (Phi) is 3.61. The number of amides is 1. The molecule has 17 heavy (non-hydrogen) atoms. The van der Waals surface area contributed by atoms with E-state index >= 15 is 0 Å². The van der Waals surface area contributed by atoms with E-state index in [4.69, 9.17) is 5.73 Å². The molecule has 2 atom stereocenters. The molecule has 0 spiro atoms. The van der Waals surface area contributed by atoms with Crippen LogP contribution in [0.3, 0.4) is 0 Å². The fraction of sp³-hybridized carbons (Fsp3) is 0.727. The first-order valence-corrected chi connectivity index (χ1v) is 6.77. The molecule has 1 aromatic heterocycles. The Bertz CT molecular complexity index is 406. The summed E-state index contributed by atoms with van der Waals surface area (Å²) in [7, 11) is 0. The molecule has 2 unspecified atom stereocenters. The fourth-order valence-corrected chi connectivity index (χ4v) is 2.86. The molecule has 6 heteroatoms. The van der Waals surface area contributed by atoms with Gasteiger partial charge in [0.15, 0.2) is 0 Å². The highest BCUT2D eigenvalue weighted by molar-refractivity contribution is 7.15. The Labute approximate surface area is 105 Å². The highest BCUT2D eigenvalue weighted by Gasteiger charge is 2.28. The Morgan fingerprint density at radius 1 is 1.53 bits per heavy atom. The smallest absolute Gasteiger partial charge is 0.229 e. The molecule has 1 aromatic rings. The van der Waals surface area contributed by atoms with Crippen LogP contribution >= 0.6 is 11.3 Å². The number of aromatic nitrogens is 2. The van der Waals surface area contributed by atoms with E-state index in [1.165, 1.54) is 17.8 Å². The van der Waals surface area contributed by atoms with E-state index in [0.717, 1.165) is 13.0 Å². The molecule has 0 radical (unpaired) electrons. The molecule has 1 saturated heterocycles. The normalized spacial score (nSPS) is 24.9. The number of nitrogens with zero attached hydrogens (tertiary/aromatic N) is 3. The van der Waals surface area contributed by atoms with Crippen molar-refractivity contribution in [3.05, 3.63) is 5.01 Å². The lowest BCUT2D eigenvalue weighted by Crippen LogP contribution is -2.46. The first kappa shape index (κ1) is 12.3. The zero-order chi connectivity index (χ0) is 12.4. The Balaban J connectivity index is 1.99. The van der Waals surface area contributed by atoms with Gasteiger partial charge in [0.1, 0.15) is 5.01 Å². The zero-order valence-electron chi connectivity index (χ0n) is 10.2. The van der Waals surface area contributed by atoms with Crippen molar-refractivity contribution in [2.45, 2.75) is 39.2 Å². The number of hydrogen-bond acceptors (Lipinski definition) is 5. The van der Waals surface area contributed by atoms with Gasteiger partial charge in [-0.2, -0.15) is 0 Å². The molecule has 0 aliphatic carbocycles. The number of anilines is 1. The minimum atomic E-state index is 0.139. The zero-order valence-corrected chi connectivity index (χ0v) is 11.0. The Morgan fingerprint density at radius 3 is 2.94 bits per heavy atom. The van der Waals surface area contributed by atoms with Gasteiger partial charge in [-0.1, -0.05) is 18.3 Å². The van der Waals surface area contributed by atoms with Crippen molar-refractivity contribution in [1.82, 2.24) is 15.1 Å². The summed E-state index contributed by atoms with van der Waals surface area (Å²) in [4.78, 5) is 14.1. The largest absolute Gasteiger partial charge is 0.374 e. The first-order valence-electron chi connectivity index (χ1n) is 5.95. The molecule has 2 rings (SSSR count). The molecule has 5 nitrogen and oxygen atoms in total. The predicted octanol–water partition coefficient (Wildman–Crippen LogP) is 1.31. The fourth-order valence-electron chi connectivity index (χ4n) is 2.26. The van der Waals surface area contributed by atoms with Crippen molar-refractivity contribution in [3.63, 3.8) is 0 Å². The Morgan fingerprint density at radius 2 is 2.29 bits per heavy atom. The molecule has 0 aromatic carbocycles. The van der Waals surface area contributed by atoms with E-state index in [1.807, 2.05) is 4.90 Å². The number of nitrogen functional groups attached to an aromatic ring is 1. The number of hydrogen-bond donors (Lipinski definition) is 1. The van der Waals surface area contributed by atoms with Crippen LogP contribution in [0.1, 0.15) is 31.7 Å². The molecule has 0 bridgehead atoms. The van der Waals surface area contributed by atoms with Gasteiger partial charge in [0.05, 0.1) is 6.42 Å². The van der Waals surface area contributed by atoms with E-state index in [2.05, 4.69) is 24.0 Å². The van der Waals surface area contributed by atoms with Crippen molar-refractivity contribution in [2.24, 2.45) is 5.92 Å². The molecule has 2 heterocycles. The average molecular weight is 254 g/mol. The van der Waals surface area contributed by atoms with Gasteiger partial charge in [0.2, 0.25) is 11.0 Å². The second-order valence-corrected chi connectivity index (χ2v) is 5.75. The minimum Gasteiger partial charge on any atom is -0.374 e. The summed E-state index contributed by atoms with van der Waals surface area (Å²) in [6.45, 7) is 5.18. The SMILES string of the molecule is CC1CCCN(C(=O)Cc2nnc(N)s2)C1C. The average Bonchev–Trinajstić information content (AvgIpc) is 2.68. The second-order valence-electron chi connectivity index (χ2n) is 4.66. The maximum absolute atomic E-state index is 12.2. The monoisotopic (exact) mass is 254 g/mol. The van der Waals surface area contributed by atoms with Gasteiger partial charge in [-0.05, 0) is 25.7 Å². The third-order valence-corrected chi connectivity index (χ3v) is 4.23. The third kappa shape index (κ3) is 2.74. The molecular formula is C11H18N4OS. The molecule has 2 N–H and O–H groups in total. The maximum atomic E-state index is 12.2. The predicted molar refractivity (Wildman–Crippen MR) is 67.6 cm³/mol. The summed E-state index contributed by atoms with van der Waals surface area (Å²) < 4.78 is 0. The first-order chi connectivity index (χ1) is 8.08. The van der Waals surface area contributed by atoms with Gasteiger partial charge in [-0.3, -0.25) is 4.79 Å². The second kappa shape index (κ2) is 5.00. The lowest BCUT2D eigenvalue weighted by molar-refractivity contribution is -0.135. The lowest BCUT2D eigenvalue weighted by Gasteiger charge is -2.37. The lowest BCUT2D eigenvalue weighted by atomic mass is 9.92. The number of likely N-dealkylation sites (tertiary alicyclic amines) is 1. The summed E-state index contributed by atoms with van der Waals surface area (Å²) in [6, 6.07) is 0.321. The van der Waals surface area contributed by atoms with Crippen LogP contribution in [0.15, 0.2) is 0 Å². The quantitative estimate of drug-likeness (QED) is 0.863. The van der Waals surface area contributed by atoms with Crippen LogP contribution in [0.2, 0.25) is 0 Å². The molecule has 1 fully saturated rings. The van der Waals surface area contributed by atoms with Gasteiger partial charge in [0.25, 0.3) is 0 Å². The highest BCUT2D eigenvalue weighted by atomic mass is 32.1. The number of carbonyl (C=O) groups is 1. The highest BCUT2D eigenvalue weighted by Crippen LogP contribution is 2.24. The maximum Gasteiger partial charge on any atom is 0.229 e. The van der Waals surface area contributed by atoms with Crippen molar-refractivity contribution in [1.29, 1.82) is 0 Å². The van der Waals surface area contributed by atoms with Crippen molar-refractivity contribution in [3.8, 4) is 0 Å². The van der Waals surface area contributed by atoms with E-state index < -0.39 is 0 Å². The van der Waals surface area contributed by atoms with Crippen molar-refractivity contribution < 1.29 is 4.79 Å². The number of nitrogens with two attached hydrogens (primary N) is 1. The summed E-state index contributed by atoms with van der Waals surface area (Å²) >= 11 is 1.29. The number of carbonyl (C=O) groups excluding carboxylic acids is 1. The molecule has 1 amide bonds. The van der Waals surface area contributed by atoms with E-state index in [1.54, 1.807) is 0 Å². The van der Waals surface area contributed by atoms with Crippen molar-refractivity contribution >= 4 is 22.4 Å². The van der Waals surface area contributed by atoms with Crippen LogP contribution in [-0.2, 0) is 11.2 Å². The van der Waals surface area contributed by atoms with Gasteiger partial charge in [-0.15, -0.1) is 10.2 Å². The van der Waals surface area contributed by atoms with Gasteiger partial charge >= 0.3 is 0 Å². The molecule has 94 valence electrons. The van der Waals surface area contributed by atoms with Crippen LogP contribution in [0.4, 0.5) is 5.13 Å². The van der Waals surface area contributed by atoms with Crippen LogP contribution in [-0.4, -0.2) is 33.6 Å². The topological polar surface area (TPSA) is 72.1 Å². The van der Waals surface area contributed by atoms with E-state index in [0.29, 0.717) is 28.5 Å². The summed E-state index contributed by atoms with van der Waals surface area (Å²) in [5.74, 6) is 0.715. The molecular weight excluding hydrogens is 236 g/mol. The molecule has 0 saturated carbocycles.